The number of benzene rings is 2. The third-order valence-corrected chi connectivity index (χ3v) is 9.68. The highest BCUT2D eigenvalue weighted by molar-refractivity contribution is 7.92. The first-order valence-electron chi connectivity index (χ1n) is 15.4. The van der Waals surface area contributed by atoms with Crippen molar-refractivity contribution in [3.05, 3.63) is 65.7 Å². The number of sulfone groups is 1. The van der Waals surface area contributed by atoms with E-state index in [1.807, 2.05) is 68.4 Å². The van der Waals surface area contributed by atoms with E-state index in [4.69, 9.17) is 15.2 Å². The Labute approximate surface area is 267 Å². The quantitative estimate of drug-likeness (QED) is 0.172. The first-order chi connectivity index (χ1) is 21.5. The van der Waals surface area contributed by atoms with Crippen LogP contribution in [0, 0.1) is 0 Å². The standard InChI is InChI=1S/C33H49N3O8S/c1-5-11-27(12-6-2)45(40,41)23-29(36-31(37)17-18-32(38)43-4)33(39)44-30(28(34)20-24-13-8-7-9-14-24)22-35-21-25-15-10-16-26(19-25)42-3/h7-10,13-16,19,27-30,35H,5-6,11-12,17-18,20-23,34H2,1-4H3,(H,36,37)/t28-,29?,30+/m0/s1. The molecule has 250 valence electrons. The van der Waals surface area contributed by atoms with Crippen molar-refractivity contribution < 1.29 is 37.0 Å². The van der Waals surface area contributed by atoms with E-state index >= 15 is 0 Å². The molecule has 0 heterocycles. The molecule has 0 fully saturated rings. The van der Waals surface area contributed by atoms with Crippen LogP contribution in [0.1, 0.15) is 63.5 Å². The van der Waals surface area contributed by atoms with Gasteiger partial charge in [0, 0.05) is 25.6 Å². The topological polar surface area (TPSA) is 163 Å². The number of ether oxygens (including phenoxy) is 3. The van der Waals surface area contributed by atoms with Crippen molar-refractivity contribution in [2.24, 2.45) is 5.73 Å². The molecular formula is C33H49N3O8S. The van der Waals surface area contributed by atoms with Gasteiger partial charge in [-0.1, -0.05) is 69.2 Å². The minimum atomic E-state index is -3.80. The van der Waals surface area contributed by atoms with E-state index in [1.165, 1.54) is 7.11 Å². The van der Waals surface area contributed by atoms with Gasteiger partial charge in [-0.05, 0) is 42.5 Å². The zero-order chi connectivity index (χ0) is 33.2. The average Bonchev–Trinajstić information content (AvgIpc) is 3.03. The van der Waals surface area contributed by atoms with E-state index in [0.717, 1.165) is 11.1 Å². The van der Waals surface area contributed by atoms with Gasteiger partial charge in [-0.15, -0.1) is 0 Å². The Balaban J connectivity index is 2.29. The molecule has 0 radical (unpaired) electrons. The number of hydrogen-bond donors (Lipinski definition) is 3. The summed E-state index contributed by atoms with van der Waals surface area (Å²) in [5.74, 6) is -2.10. The summed E-state index contributed by atoms with van der Waals surface area (Å²) in [6.07, 6.45) is 1.22. The van der Waals surface area contributed by atoms with E-state index in [2.05, 4.69) is 15.4 Å². The van der Waals surface area contributed by atoms with Gasteiger partial charge in [0.1, 0.15) is 17.9 Å². The zero-order valence-corrected chi connectivity index (χ0v) is 27.6. The molecule has 2 aromatic rings. The van der Waals surface area contributed by atoms with Crippen LogP contribution >= 0.6 is 0 Å². The highest BCUT2D eigenvalue weighted by Crippen LogP contribution is 2.18. The predicted molar refractivity (Wildman–Crippen MR) is 173 cm³/mol. The number of esters is 2. The van der Waals surface area contributed by atoms with Crippen LogP contribution in [0.25, 0.3) is 0 Å². The summed E-state index contributed by atoms with van der Waals surface area (Å²) in [5.41, 5.74) is 8.46. The molecule has 0 bridgehead atoms. The minimum Gasteiger partial charge on any atom is -0.497 e. The first kappa shape index (κ1) is 37.7. The van der Waals surface area contributed by atoms with Crippen LogP contribution in [0.2, 0.25) is 0 Å². The smallest absolute Gasteiger partial charge is 0.330 e. The number of nitrogens with one attached hydrogen (secondary N) is 2. The SMILES string of the molecule is CCCC(CCC)S(=O)(=O)CC(NC(=O)CCC(=O)OC)C(=O)O[C@H](CNCc1cccc(OC)c1)[C@@H](N)Cc1ccccc1. The maximum Gasteiger partial charge on any atom is 0.330 e. The Morgan fingerprint density at radius 2 is 1.58 bits per heavy atom. The van der Waals surface area contributed by atoms with Crippen LogP contribution < -0.4 is 21.1 Å². The van der Waals surface area contributed by atoms with Crippen molar-refractivity contribution in [3.8, 4) is 5.75 Å². The van der Waals surface area contributed by atoms with Crippen LogP contribution in [-0.2, 0) is 46.7 Å². The van der Waals surface area contributed by atoms with Gasteiger partial charge in [0.25, 0.3) is 0 Å². The Morgan fingerprint density at radius 3 is 2.20 bits per heavy atom. The van der Waals surface area contributed by atoms with Crippen LogP contribution in [0.4, 0.5) is 0 Å². The van der Waals surface area contributed by atoms with Crippen molar-refractivity contribution >= 4 is 27.7 Å². The minimum absolute atomic E-state index is 0.168. The lowest BCUT2D eigenvalue weighted by atomic mass is 10.0. The van der Waals surface area contributed by atoms with Gasteiger partial charge in [0.05, 0.1) is 31.6 Å². The molecule has 1 amide bonds. The fourth-order valence-electron chi connectivity index (χ4n) is 4.94. The Kier molecular flexibility index (Phi) is 16.6. The summed E-state index contributed by atoms with van der Waals surface area (Å²) in [6.45, 7) is 4.40. The predicted octanol–water partition coefficient (Wildman–Crippen LogP) is 3.09. The molecule has 45 heavy (non-hydrogen) atoms. The van der Waals surface area contributed by atoms with E-state index in [0.29, 0.717) is 44.4 Å². The maximum atomic E-state index is 13.7. The van der Waals surface area contributed by atoms with Crippen LogP contribution in [0.5, 0.6) is 5.75 Å². The molecule has 4 N–H and O–H groups in total. The lowest BCUT2D eigenvalue weighted by Crippen LogP contribution is -2.52. The van der Waals surface area contributed by atoms with Gasteiger partial charge in [-0.3, -0.25) is 9.59 Å². The largest absolute Gasteiger partial charge is 0.497 e. The molecular weight excluding hydrogens is 598 g/mol. The molecule has 0 aliphatic carbocycles. The summed E-state index contributed by atoms with van der Waals surface area (Å²) in [4.78, 5) is 38.0. The maximum absolute atomic E-state index is 13.7. The summed E-state index contributed by atoms with van der Waals surface area (Å²) in [6, 6.07) is 14.9. The van der Waals surface area contributed by atoms with Crippen molar-refractivity contribution in [3.63, 3.8) is 0 Å². The van der Waals surface area contributed by atoms with Gasteiger partial charge >= 0.3 is 11.9 Å². The molecule has 2 aromatic carbocycles. The number of nitrogens with two attached hydrogens (primary N) is 1. The molecule has 1 unspecified atom stereocenters. The van der Waals surface area contributed by atoms with E-state index in [1.54, 1.807) is 7.11 Å². The molecule has 0 saturated heterocycles. The highest BCUT2D eigenvalue weighted by atomic mass is 32.2. The number of amides is 1. The average molecular weight is 648 g/mol. The number of rotatable bonds is 21. The number of carbonyl (C=O) groups excluding carboxylic acids is 3. The van der Waals surface area contributed by atoms with Gasteiger partial charge in [0.15, 0.2) is 9.84 Å². The van der Waals surface area contributed by atoms with Gasteiger partial charge in [-0.25, -0.2) is 13.2 Å². The van der Waals surface area contributed by atoms with Crippen LogP contribution in [0.15, 0.2) is 54.6 Å². The molecule has 0 aromatic heterocycles. The summed E-state index contributed by atoms with van der Waals surface area (Å²) in [5, 5.41) is 5.12. The summed E-state index contributed by atoms with van der Waals surface area (Å²) < 4.78 is 42.8. The molecule has 12 heteroatoms. The van der Waals surface area contributed by atoms with E-state index in [-0.39, 0.29) is 19.4 Å². The number of methoxy groups -OCH3 is 2. The lowest BCUT2D eigenvalue weighted by molar-refractivity contribution is -0.153. The van der Waals surface area contributed by atoms with E-state index < -0.39 is 56.9 Å². The van der Waals surface area contributed by atoms with Crippen molar-refractivity contribution in [2.45, 2.75) is 88.8 Å². The monoisotopic (exact) mass is 647 g/mol. The Morgan fingerprint density at radius 1 is 0.911 bits per heavy atom. The van der Waals surface area contributed by atoms with Gasteiger partial charge < -0.3 is 30.6 Å². The third kappa shape index (κ3) is 13.6. The zero-order valence-electron chi connectivity index (χ0n) is 26.8. The van der Waals surface area contributed by atoms with Crippen molar-refractivity contribution in [1.82, 2.24) is 10.6 Å². The van der Waals surface area contributed by atoms with Crippen molar-refractivity contribution in [2.75, 3.05) is 26.5 Å². The third-order valence-electron chi connectivity index (χ3n) is 7.40. The Hall–Kier alpha value is -3.48. The van der Waals surface area contributed by atoms with Gasteiger partial charge in [-0.2, -0.15) is 0 Å². The molecule has 0 saturated carbocycles. The lowest BCUT2D eigenvalue weighted by Gasteiger charge is -2.28. The van der Waals surface area contributed by atoms with Crippen molar-refractivity contribution in [1.29, 1.82) is 0 Å². The number of hydrogen-bond acceptors (Lipinski definition) is 10. The van der Waals surface area contributed by atoms with Gasteiger partial charge in [0.2, 0.25) is 5.91 Å². The second-order valence-electron chi connectivity index (χ2n) is 11.0. The summed E-state index contributed by atoms with van der Waals surface area (Å²) in [7, 11) is -1.01. The molecule has 3 atom stereocenters. The molecule has 11 nitrogen and oxygen atoms in total. The highest BCUT2D eigenvalue weighted by Gasteiger charge is 2.35. The number of carbonyl (C=O) groups is 3. The molecule has 2 rings (SSSR count). The fraction of sp³-hybridized carbons (Fsp3) is 0.545. The molecule has 0 aliphatic rings. The van der Waals surface area contributed by atoms with Crippen LogP contribution in [-0.4, -0.2) is 76.2 Å². The van der Waals surface area contributed by atoms with Crippen LogP contribution in [0.3, 0.4) is 0 Å². The van der Waals surface area contributed by atoms with E-state index in [9.17, 15) is 22.8 Å². The first-order valence-corrected chi connectivity index (χ1v) is 17.2. The normalized spacial score (nSPS) is 13.5. The molecule has 0 spiro atoms. The second-order valence-corrected chi connectivity index (χ2v) is 13.4. The molecule has 0 aliphatic heterocycles. The summed E-state index contributed by atoms with van der Waals surface area (Å²) >= 11 is 0. The second kappa shape index (κ2) is 19.8. The fourth-order valence-corrected chi connectivity index (χ4v) is 7.09. The Bertz CT molecular complexity index is 1300.